The average molecular weight is 280 g/mol. The van der Waals surface area contributed by atoms with Crippen LogP contribution in [-0.2, 0) is 4.79 Å². The Hall–Kier alpha value is -1.30. The van der Waals surface area contributed by atoms with Gasteiger partial charge in [0.2, 0.25) is 5.91 Å². The first-order valence-electron chi connectivity index (χ1n) is 7.69. The maximum atomic E-state index is 12.5. The summed E-state index contributed by atoms with van der Waals surface area (Å²) in [7, 11) is 0. The van der Waals surface area contributed by atoms with Crippen molar-refractivity contribution < 1.29 is 9.59 Å². The van der Waals surface area contributed by atoms with Gasteiger partial charge in [0.1, 0.15) is 0 Å². The first-order valence-corrected chi connectivity index (χ1v) is 7.69. The Morgan fingerprint density at radius 3 is 2.80 bits per heavy atom. The van der Waals surface area contributed by atoms with Gasteiger partial charge in [0.25, 0.3) is 0 Å². The highest BCUT2D eigenvalue weighted by molar-refractivity contribution is 5.80. The minimum Gasteiger partial charge on any atom is -0.339 e. The molecule has 0 aromatic rings. The molecule has 0 radical (unpaired) electrons. The van der Waals surface area contributed by atoms with Crippen LogP contribution in [0, 0.1) is 0 Å². The van der Waals surface area contributed by atoms with Crippen LogP contribution in [0.1, 0.15) is 38.5 Å². The van der Waals surface area contributed by atoms with E-state index in [0.717, 1.165) is 25.7 Å². The molecule has 3 amide bonds. The van der Waals surface area contributed by atoms with Crippen LogP contribution in [0.4, 0.5) is 4.79 Å². The first kappa shape index (κ1) is 13.7. The number of amides is 3. The third-order valence-electron chi connectivity index (χ3n) is 4.94. The van der Waals surface area contributed by atoms with Gasteiger partial charge in [-0.05, 0) is 12.8 Å². The molecule has 2 saturated heterocycles. The lowest BCUT2D eigenvalue weighted by atomic mass is 9.80. The number of nitrogens with zero attached hydrogens (tertiary/aromatic N) is 2. The van der Waals surface area contributed by atoms with Gasteiger partial charge in [-0.1, -0.05) is 19.3 Å². The van der Waals surface area contributed by atoms with Crippen LogP contribution >= 0.6 is 0 Å². The number of nitrogens with two attached hydrogens (primary N) is 1. The lowest BCUT2D eigenvalue weighted by molar-refractivity contribution is -0.134. The maximum absolute atomic E-state index is 12.5. The molecular weight excluding hydrogens is 256 g/mol. The molecule has 0 spiro atoms. The largest absolute Gasteiger partial charge is 0.339 e. The monoisotopic (exact) mass is 280 g/mol. The van der Waals surface area contributed by atoms with Crippen molar-refractivity contribution in [2.75, 3.05) is 26.2 Å². The Kier molecular flexibility index (Phi) is 3.58. The van der Waals surface area contributed by atoms with E-state index in [1.807, 2.05) is 9.80 Å². The molecule has 3 rings (SSSR count). The van der Waals surface area contributed by atoms with Crippen molar-refractivity contribution in [2.24, 2.45) is 5.73 Å². The van der Waals surface area contributed by atoms with Crippen LogP contribution in [0.25, 0.3) is 0 Å². The zero-order chi connectivity index (χ0) is 14.2. The van der Waals surface area contributed by atoms with Gasteiger partial charge >= 0.3 is 6.03 Å². The fourth-order valence-corrected chi connectivity index (χ4v) is 3.68. The fraction of sp³-hybridized carbons (Fsp3) is 0.857. The second-order valence-corrected chi connectivity index (χ2v) is 6.47. The normalized spacial score (nSPS) is 29.1. The summed E-state index contributed by atoms with van der Waals surface area (Å²) in [4.78, 5) is 27.7. The zero-order valence-electron chi connectivity index (χ0n) is 11.9. The maximum Gasteiger partial charge on any atom is 0.317 e. The Morgan fingerprint density at radius 1 is 1.30 bits per heavy atom. The molecule has 1 saturated carbocycles. The number of nitrogens with one attached hydrogen (secondary N) is 1. The van der Waals surface area contributed by atoms with Crippen molar-refractivity contribution in [1.29, 1.82) is 0 Å². The summed E-state index contributed by atoms with van der Waals surface area (Å²) in [6.45, 7) is 2.57. The van der Waals surface area contributed by atoms with Crippen LogP contribution in [0.2, 0.25) is 0 Å². The number of hydrogen-bond donors (Lipinski definition) is 2. The fourth-order valence-electron chi connectivity index (χ4n) is 3.68. The smallest absolute Gasteiger partial charge is 0.317 e. The van der Waals surface area contributed by atoms with Crippen molar-refractivity contribution in [2.45, 2.75) is 50.1 Å². The highest BCUT2D eigenvalue weighted by Crippen LogP contribution is 2.29. The summed E-state index contributed by atoms with van der Waals surface area (Å²) in [5.74, 6) is 0.161. The van der Waals surface area contributed by atoms with Crippen LogP contribution in [0.5, 0.6) is 0 Å². The van der Waals surface area contributed by atoms with Gasteiger partial charge in [-0.3, -0.25) is 4.79 Å². The molecule has 1 aliphatic carbocycles. The lowest BCUT2D eigenvalue weighted by Gasteiger charge is -2.39. The standard InChI is InChI=1S/C14H24N4O2/c15-14(4-2-1-3-5-14)8-12(19)17-6-7-18-11(10-17)9-16-13(18)20/h11H,1-10,15H2,(H,16,20). The van der Waals surface area contributed by atoms with Crippen LogP contribution < -0.4 is 11.1 Å². The van der Waals surface area contributed by atoms with Crippen molar-refractivity contribution >= 4 is 11.9 Å². The second kappa shape index (κ2) is 5.24. The van der Waals surface area contributed by atoms with E-state index in [4.69, 9.17) is 5.73 Å². The summed E-state index contributed by atoms with van der Waals surface area (Å²) in [5.41, 5.74) is 6.08. The molecular formula is C14H24N4O2. The van der Waals surface area contributed by atoms with E-state index in [0.29, 0.717) is 32.6 Å². The molecule has 0 bridgehead atoms. The van der Waals surface area contributed by atoms with Gasteiger partial charge in [-0.2, -0.15) is 0 Å². The summed E-state index contributed by atoms with van der Waals surface area (Å²) in [6, 6.07) is 0.143. The quantitative estimate of drug-likeness (QED) is 0.762. The summed E-state index contributed by atoms with van der Waals surface area (Å²) < 4.78 is 0. The molecule has 2 heterocycles. The topological polar surface area (TPSA) is 78.7 Å². The summed E-state index contributed by atoms with van der Waals surface area (Å²) >= 11 is 0. The Balaban J connectivity index is 1.57. The summed E-state index contributed by atoms with van der Waals surface area (Å²) in [6.07, 6.45) is 5.89. The number of hydrogen-bond acceptors (Lipinski definition) is 3. The van der Waals surface area contributed by atoms with Gasteiger partial charge in [0.15, 0.2) is 0 Å². The molecule has 112 valence electrons. The van der Waals surface area contributed by atoms with Crippen molar-refractivity contribution in [3.8, 4) is 0 Å². The molecule has 0 aromatic carbocycles. The molecule has 20 heavy (non-hydrogen) atoms. The molecule has 2 aliphatic heterocycles. The number of carbonyl (C=O) groups is 2. The minimum absolute atomic E-state index is 0.00433. The Labute approximate surface area is 119 Å². The van der Waals surface area contributed by atoms with E-state index in [1.165, 1.54) is 6.42 Å². The summed E-state index contributed by atoms with van der Waals surface area (Å²) in [5, 5.41) is 2.83. The van der Waals surface area contributed by atoms with Crippen molar-refractivity contribution in [3.63, 3.8) is 0 Å². The van der Waals surface area contributed by atoms with Gasteiger partial charge in [-0.15, -0.1) is 0 Å². The highest BCUT2D eigenvalue weighted by atomic mass is 16.2. The Morgan fingerprint density at radius 2 is 2.05 bits per heavy atom. The predicted octanol–water partition coefficient (Wildman–Crippen LogP) is 0.274. The first-order chi connectivity index (χ1) is 9.57. The number of rotatable bonds is 2. The van der Waals surface area contributed by atoms with Crippen LogP contribution in [0.3, 0.4) is 0 Å². The van der Waals surface area contributed by atoms with E-state index in [1.54, 1.807) is 0 Å². The molecule has 1 atom stereocenters. The Bertz CT molecular complexity index is 406. The van der Waals surface area contributed by atoms with Crippen LogP contribution in [-0.4, -0.2) is 59.5 Å². The highest BCUT2D eigenvalue weighted by Gasteiger charge is 2.38. The average Bonchev–Trinajstić information content (AvgIpc) is 2.80. The number of fused-ring (bicyclic) bond motifs is 1. The molecule has 0 aromatic heterocycles. The van der Waals surface area contributed by atoms with E-state index in [2.05, 4.69) is 5.32 Å². The van der Waals surface area contributed by atoms with Crippen LogP contribution in [0.15, 0.2) is 0 Å². The van der Waals surface area contributed by atoms with Gasteiger partial charge in [0, 0.05) is 38.1 Å². The van der Waals surface area contributed by atoms with E-state index in [9.17, 15) is 9.59 Å². The molecule has 6 heteroatoms. The van der Waals surface area contributed by atoms with E-state index < -0.39 is 0 Å². The van der Waals surface area contributed by atoms with E-state index in [-0.39, 0.29) is 23.5 Å². The molecule has 6 nitrogen and oxygen atoms in total. The zero-order valence-corrected chi connectivity index (χ0v) is 11.9. The molecule has 3 aliphatic rings. The molecule has 3 N–H and O–H groups in total. The third kappa shape index (κ3) is 2.61. The van der Waals surface area contributed by atoms with Crippen molar-refractivity contribution in [3.05, 3.63) is 0 Å². The molecule has 3 fully saturated rings. The third-order valence-corrected chi connectivity index (χ3v) is 4.94. The predicted molar refractivity (Wildman–Crippen MR) is 75.1 cm³/mol. The van der Waals surface area contributed by atoms with Gasteiger partial charge in [0.05, 0.1) is 6.04 Å². The second-order valence-electron chi connectivity index (χ2n) is 6.47. The number of carbonyl (C=O) groups excluding carboxylic acids is 2. The minimum atomic E-state index is -0.295. The lowest BCUT2D eigenvalue weighted by Crippen LogP contribution is -2.55. The number of piperazine rings is 1. The van der Waals surface area contributed by atoms with E-state index >= 15 is 0 Å². The van der Waals surface area contributed by atoms with Gasteiger partial charge < -0.3 is 20.9 Å². The van der Waals surface area contributed by atoms with Crippen molar-refractivity contribution in [1.82, 2.24) is 15.1 Å². The SMILES string of the molecule is NC1(CC(=O)N2CCN3C(=O)NCC3C2)CCCCC1. The number of urea groups is 1. The molecule has 1 unspecified atom stereocenters. The van der Waals surface area contributed by atoms with Gasteiger partial charge in [-0.25, -0.2) is 4.79 Å².